The van der Waals surface area contributed by atoms with E-state index in [9.17, 15) is 23.6 Å². The molecule has 0 radical (unpaired) electrons. The molecule has 0 bridgehead atoms. The second-order valence-electron chi connectivity index (χ2n) is 30.0. The Hall–Kier alpha value is -15.8. The number of aliphatic imine (C=N–C) groups is 4. The molecule has 0 saturated carbocycles. The molecule has 622 valence electrons. The Morgan fingerprint density at radius 1 is 0.362 bits per heavy atom. The first kappa shape index (κ1) is 83.4. The van der Waals surface area contributed by atoms with Crippen LogP contribution in [0.15, 0.2) is 251 Å². The summed E-state index contributed by atoms with van der Waals surface area (Å²) in [5.74, 6) is -0.137. The van der Waals surface area contributed by atoms with Crippen LogP contribution < -0.4 is 22.9 Å². The molecular formula is C97H74Cl2FN23O4. The highest BCUT2D eigenvalue weighted by Crippen LogP contribution is 2.48. The van der Waals surface area contributed by atoms with Gasteiger partial charge in [0.05, 0.1) is 107 Å². The molecule has 0 saturated heterocycles. The van der Waals surface area contributed by atoms with E-state index in [0.29, 0.717) is 88.4 Å². The smallest absolute Gasteiger partial charge is 0.305 e. The third-order valence-corrected chi connectivity index (χ3v) is 23.2. The van der Waals surface area contributed by atoms with Crippen molar-refractivity contribution in [2.75, 3.05) is 52.4 Å². The van der Waals surface area contributed by atoms with Gasteiger partial charge in [-0.3, -0.25) is 57.9 Å². The van der Waals surface area contributed by atoms with Crippen molar-refractivity contribution < 1.29 is 23.6 Å². The quantitative estimate of drug-likeness (QED) is 0.0736. The van der Waals surface area contributed by atoms with Crippen LogP contribution in [0.25, 0.3) is 137 Å². The van der Waals surface area contributed by atoms with Crippen LogP contribution in [0, 0.1) is 25.5 Å². The van der Waals surface area contributed by atoms with Crippen LogP contribution >= 0.6 is 23.2 Å². The van der Waals surface area contributed by atoms with Crippen molar-refractivity contribution >= 4 is 108 Å². The number of ketones is 4. The molecule has 8 N–H and O–H groups in total. The van der Waals surface area contributed by atoms with E-state index >= 15 is 0 Å². The van der Waals surface area contributed by atoms with Crippen molar-refractivity contribution in [3.63, 3.8) is 0 Å². The second kappa shape index (κ2) is 35.2. The van der Waals surface area contributed by atoms with Crippen molar-refractivity contribution in [1.82, 2.24) is 58.7 Å². The number of aromatic nitrogens is 12. The fraction of sp³-hybridized carbons (Fsp3) is 0.124. The van der Waals surface area contributed by atoms with Gasteiger partial charge in [0, 0.05) is 149 Å². The molecule has 6 aromatic heterocycles. The summed E-state index contributed by atoms with van der Waals surface area (Å²) >= 11 is 13.3. The van der Waals surface area contributed by atoms with Gasteiger partial charge >= 0.3 is 5.82 Å². The second-order valence-corrected chi connectivity index (χ2v) is 30.7. The summed E-state index contributed by atoms with van der Waals surface area (Å²) < 4.78 is 24.1. The standard InChI is InChI=1S/C25H18ClN5O.C25H18FN5O.C24H19N7O.C23H19ClN6O/c1-28-24-16-6-4-3-5-14(16)10-20(26)23(24)25-19(12-30-31(25)2)15-7-8-17-18(9-15)21(11-27)29-13-22(17)32;1-28-24-17-8-5-16(26)9-14(17)4-7-19(24)25-21(12-30-31(25)2)15-3-6-18-20(10-15)22(11-27)29-13-23(18)32;1-26-24-20(14-31(29-24)16-6-4-3-5-7-16)23-19(12-28-30(23)2)15-8-9-17-18(10-15)21(11-25)27-13-22(17)32;1-29-22(19-13-30(28-23(19)24)15-5-3-2-4-6-15)18(11-27-29)14-7-8-16-17(9-14)20(10-25)26-12-21(16)31/h2*3-10,12H,11,13,27H2,2H3;3-10,12,14H,11,13,25H2,2H3;2-9,11,13H,10,12,25H2,1H3. The van der Waals surface area contributed by atoms with Crippen LogP contribution in [-0.4, -0.2) is 157 Å². The number of para-hydroxylation sites is 2. The molecule has 0 aliphatic carbocycles. The van der Waals surface area contributed by atoms with Gasteiger partial charge in [-0.15, -0.1) is 0 Å². The maximum atomic E-state index is 13.7. The van der Waals surface area contributed by atoms with Crippen molar-refractivity contribution in [3.05, 3.63) is 326 Å². The van der Waals surface area contributed by atoms with E-state index in [1.165, 1.54) is 12.1 Å². The molecular weight excluding hydrogens is 1640 g/mol. The predicted molar refractivity (Wildman–Crippen MR) is 493 cm³/mol. The fourth-order valence-electron chi connectivity index (χ4n) is 16.5. The van der Waals surface area contributed by atoms with E-state index < -0.39 is 0 Å². The average molecular weight is 1720 g/mol. The molecule has 16 aromatic rings. The molecule has 4 aliphatic heterocycles. The summed E-state index contributed by atoms with van der Waals surface area (Å²) in [6.07, 6.45) is 10.8. The summed E-state index contributed by atoms with van der Waals surface area (Å²) in [7, 11) is 7.34. The molecule has 30 heteroatoms. The van der Waals surface area contributed by atoms with E-state index in [4.69, 9.17) is 65.9 Å². The van der Waals surface area contributed by atoms with Gasteiger partial charge in [0.25, 0.3) is 0 Å². The number of carbonyl (C=O) groups excluding carboxylic acids is 4. The minimum Gasteiger partial charge on any atom is -0.358 e. The highest BCUT2D eigenvalue weighted by atomic mass is 35.5. The summed E-state index contributed by atoms with van der Waals surface area (Å²) in [6, 6.07) is 59.6. The van der Waals surface area contributed by atoms with Gasteiger partial charge in [-0.05, 0) is 116 Å². The number of halogens is 3. The number of nitrogens with zero attached hydrogens (tertiary/aromatic N) is 19. The molecule has 4 aliphatic rings. The van der Waals surface area contributed by atoms with E-state index in [2.05, 4.69) is 65.1 Å². The van der Waals surface area contributed by atoms with Gasteiger partial charge in [0.1, 0.15) is 32.0 Å². The van der Waals surface area contributed by atoms with Crippen LogP contribution in [0.5, 0.6) is 0 Å². The molecule has 0 fully saturated rings. The summed E-state index contributed by atoms with van der Waals surface area (Å²) in [5, 5.41) is 30.7. The van der Waals surface area contributed by atoms with E-state index in [-0.39, 0.29) is 87.1 Å². The first-order chi connectivity index (χ1) is 61.7. The van der Waals surface area contributed by atoms with Gasteiger partial charge in [0.15, 0.2) is 28.3 Å². The Morgan fingerprint density at radius 3 is 1.15 bits per heavy atom. The Labute approximate surface area is 736 Å². The normalized spacial score (nSPS) is 13.1. The average Bonchev–Trinajstić information content (AvgIpc) is 1.67. The lowest BCUT2D eigenvalue weighted by Gasteiger charge is -2.17. The van der Waals surface area contributed by atoms with E-state index in [1.807, 2.05) is 210 Å². The minimum absolute atomic E-state index is 0.00246. The van der Waals surface area contributed by atoms with Gasteiger partial charge in [-0.2, -0.15) is 30.2 Å². The number of aryl methyl sites for hydroxylation is 4. The van der Waals surface area contributed by atoms with Crippen LogP contribution in [0.4, 0.5) is 21.6 Å². The van der Waals surface area contributed by atoms with Gasteiger partial charge in [0.2, 0.25) is 11.4 Å². The minimum atomic E-state index is -0.344. The number of hydrogen-bond donors (Lipinski definition) is 4. The monoisotopic (exact) mass is 1710 g/mol. The molecule has 10 heterocycles. The van der Waals surface area contributed by atoms with Crippen LogP contribution in [0.2, 0.25) is 10.2 Å². The molecule has 127 heavy (non-hydrogen) atoms. The molecule has 10 aromatic carbocycles. The summed E-state index contributed by atoms with van der Waals surface area (Å²) in [5.41, 5.74) is 47.2. The first-order valence-electron chi connectivity index (χ1n) is 40.0. The number of fused-ring (bicyclic) bond motifs is 6. The molecule has 0 atom stereocenters. The zero-order valence-corrected chi connectivity index (χ0v) is 70.2. The Balaban J connectivity index is 0.000000119. The number of nitrogens with two attached hydrogens (primary N) is 4. The molecule has 0 amide bonds. The number of benzene rings is 10. The summed E-state index contributed by atoms with van der Waals surface area (Å²) in [4.78, 5) is 77.7. The highest BCUT2D eigenvalue weighted by molar-refractivity contribution is 6.36. The SMILES string of the molecule is Cn1ncc(-c2ccc3c(c2)C(CN)=NCC3=O)c1-c1cn(-c2ccccc2)nc1Cl.[C-]#[N+]c1c(-c2c(-c3ccc4c(c3)C(CN)=NCC4=O)cnn2C)c(Cl)cc2ccccc12.[C-]#[N+]c1c(-c2c(-c3ccc4c(c3)C(CN)=NCC4=O)cnn2C)ccc2cc(F)ccc12.[C-]#[N+]c1nn(-c2ccccc2)cc1-c1c(-c2ccc3c(c2)C(CN)=NCC3=O)cnn1C. The molecule has 0 spiro atoms. The van der Waals surface area contributed by atoms with Crippen LogP contribution in [-0.2, 0) is 28.2 Å². The lowest BCUT2D eigenvalue weighted by atomic mass is 9.91. The zero-order valence-electron chi connectivity index (χ0n) is 68.7. The maximum absolute atomic E-state index is 13.7. The number of rotatable bonds is 14. The van der Waals surface area contributed by atoms with Crippen molar-refractivity contribution in [1.29, 1.82) is 0 Å². The third kappa shape index (κ3) is 15.6. The Bertz CT molecular complexity index is 7510. The topological polar surface area (TPSA) is 342 Å². The van der Waals surface area contributed by atoms with Crippen molar-refractivity contribution in [3.8, 4) is 101 Å². The highest BCUT2D eigenvalue weighted by Gasteiger charge is 2.31. The summed E-state index contributed by atoms with van der Waals surface area (Å²) in [6.45, 7) is 24.9. The first-order valence-corrected chi connectivity index (χ1v) is 40.7. The van der Waals surface area contributed by atoms with E-state index in [1.54, 1.807) is 65.0 Å². The largest absolute Gasteiger partial charge is 0.358 e. The molecule has 20 rings (SSSR count). The predicted octanol–water partition coefficient (Wildman–Crippen LogP) is 16.6. The number of hydrogen-bond acceptors (Lipinski definition) is 18. The number of carbonyl (C=O) groups is 4. The Kier molecular flexibility index (Phi) is 23.1. The number of Topliss-reactive ketones (excluding diaryl/α,β-unsaturated/α-hetero) is 4. The molecule has 0 unspecified atom stereocenters. The molecule has 27 nitrogen and oxygen atoms in total. The maximum Gasteiger partial charge on any atom is 0.305 e. The van der Waals surface area contributed by atoms with Gasteiger partial charge in [-0.1, -0.05) is 157 Å². The fourth-order valence-corrected chi connectivity index (χ4v) is 17.0. The Morgan fingerprint density at radius 2 is 0.724 bits per heavy atom. The van der Waals surface area contributed by atoms with E-state index in [0.717, 1.165) is 123 Å². The third-order valence-electron chi connectivity index (χ3n) is 22.6. The van der Waals surface area contributed by atoms with Gasteiger partial charge < -0.3 is 27.8 Å². The lowest BCUT2D eigenvalue weighted by molar-refractivity contribution is 0.0992. The lowest BCUT2D eigenvalue weighted by Crippen LogP contribution is -2.24. The van der Waals surface area contributed by atoms with Crippen LogP contribution in [0.3, 0.4) is 0 Å². The van der Waals surface area contributed by atoms with Crippen molar-refractivity contribution in [2.45, 2.75) is 0 Å². The van der Waals surface area contributed by atoms with Gasteiger partial charge in [-0.25, -0.2) is 18.8 Å². The van der Waals surface area contributed by atoms with Crippen LogP contribution in [0.1, 0.15) is 63.7 Å². The zero-order chi connectivity index (χ0) is 88.6. The van der Waals surface area contributed by atoms with Crippen molar-refractivity contribution in [2.24, 2.45) is 71.1 Å².